The minimum Gasteiger partial charge on any atom is -0.479 e. The Balaban J connectivity index is 2.68. The van der Waals surface area contributed by atoms with Crippen LogP contribution < -0.4 is 0 Å². The summed E-state index contributed by atoms with van der Waals surface area (Å²) in [6.45, 7) is 6.10. The second-order valence-corrected chi connectivity index (χ2v) is 20.8. The molecule has 0 radical (unpaired) electrons. The molecule has 418 valence electrons. The van der Waals surface area contributed by atoms with Crippen LogP contribution >= 0.6 is 0 Å². The van der Waals surface area contributed by atoms with Gasteiger partial charge in [0.05, 0.1) is 6.10 Å². The number of ether oxygens (including phenoxy) is 4. The first kappa shape index (κ1) is 66.7. The van der Waals surface area contributed by atoms with Crippen molar-refractivity contribution in [3.63, 3.8) is 0 Å². The predicted octanol–water partition coefficient (Wildman–Crippen LogP) is 11.9. The van der Waals surface area contributed by atoms with Gasteiger partial charge in [-0.2, -0.15) is 0 Å². The Bertz CT molecular complexity index is 1320. The van der Waals surface area contributed by atoms with Crippen molar-refractivity contribution in [1.82, 2.24) is 0 Å². The number of carbonyl (C=O) groups excluding carboxylic acids is 3. The first-order valence-corrected chi connectivity index (χ1v) is 29.2. The molecule has 0 bridgehead atoms. The summed E-state index contributed by atoms with van der Waals surface area (Å²) in [5, 5.41) is 64.3. The Morgan fingerprint density at radius 1 is 0.465 bits per heavy atom. The molecule has 4 unspecified atom stereocenters. The van der Waals surface area contributed by atoms with Gasteiger partial charge >= 0.3 is 23.9 Å². The number of hydrogen-bond acceptors (Lipinski definition) is 13. The van der Waals surface area contributed by atoms with Crippen LogP contribution in [0.3, 0.4) is 0 Å². The maximum Gasteiger partial charge on any atom is 0.335 e. The lowest BCUT2D eigenvalue weighted by Crippen LogP contribution is -2.69. The molecule has 14 nitrogen and oxygen atoms in total. The zero-order chi connectivity index (χ0) is 52.4. The zero-order valence-corrected chi connectivity index (χ0v) is 45.2. The molecule has 0 saturated carbocycles. The van der Waals surface area contributed by atoms with E-state index in [1.807, 2.05) is 0 Å². The monoisotopic (exact) mass is 1010 g/mol. The van der Waals surface area contributed by atoms with Crippen molar-refractivity contribution in [3.8, 4) is 0 Å². The van der Waals surface area contributed by atoms with E-state index >= 15 is 0 Å². The zero-order valence-electron chi connectivity index (χ0n) is 45.2. The minimum atomic E-state index is -2.67. The Hall–Kier alpha value is -2.36. The van der Waals surface area contributed by atoms with Gasteiger partial charge in [-0.15, -0.1) is 0 Å². The summed E-state index contributed by atoms with van der Waals surface area (Å²) < 4.78 is 22.1. The highest BCUT2D eigenvalue weighted by atomic mass is 16.7. The predicted molar refractivity (Wildman–Crippen MR) is 278 cm³/mol. The number of aliphatic carboxylic acids is 1. The summed E-state index contributed by atoms with van der Waals surface area (Å²) in [6, 6.07) is 0. The van der Waals surface area contributed by atoms with Crippen molar-refractivity contribution in [2.75, 3.05) is 13.2 Å². The van der Waals surface area contributed by atoms with E-state index in [1.165, 1.54) is 116 Å². The van der Waals surface area contributed by atoms with E-state index in [4.69, 9.17) is 18.9 Å². The van der Waals surface area contributed by atoms with Crippen LogP contribution in [0.1, 0.15) is 278 Å². The first-order valence-electron chi connectivity index (χ1n) is 29.2. The van der Waals surface area contributed by atoms with E-state index in [0.717, 1.165) is 70.6 Å². The Kier molecular flexibility index (Phi) is 41.3. The molecule has 1 rings (SSSR count). The molecule has 1 aliphatic rings. The van der Waals surface area contributed by atoms with Crippen molar-refractivity contribution in [1.29, 1.82) is 0 Å². The number of carboxylic acid groups (broad SMARTS) is 1. The number of esters is 3. The van der Waals surface area contributed by atoms with E-state index in [9.17, 15) is 49.8 Å². The molecule has 0 aromatic heterocycles. The van der Waals surface area contributed by atoms with Crippen molar-refractivity contribution < 1.29 is 68.8 Å². The summed E-state index contributed by atoms with van der Waals surface area (Å²) in [6.07, 6.45) is 28.2. The normalized spacial score (nSPS) is 20.3. The fraction of sp³-hybridized carbons (Fsp3) is 0.930. The van der Waals surface area contributed by atoms with Crippen LogP contribution in [0.5, 0.6) is 0 Å². The molecule has 0 amide bonds. The van der Waals surface area contributed by atoms with Crippen LogP contribution in [0.2, 0.25) is 0 Å². The van der Waals surface area contributed by atoms with Gasteiger partial charge in [-0.25, -0.2) is 4.79 Å². The van der Waals surface area contributed by atoms with Gasteiger partial charge in [-0.3, -0.25) is 14.4 Å². The maximum atomic E-state index is 12.9. The third-order valence-electron chi connectivity index (χ3n) is 14.3. The molecule has 14 heteroatoms. The van der Waals surface area contributed by atoms with Crippen molar-refractivity contribution in [3.05, 3.63) is 0 Å². The van der Waals surface area contributed by atoms with Crippen LogP contribution in [-0.2, 0) is 38.1 Å². The quantitative estimate of drug-likeness (QED) is 0.0189. The highest BCUT2D eigenvalue weighted by molar-refractivity contribution is 5.73. The minimum absolute atomic E-state index is 0.00116. The van der Waals surface area contributed by atoms with E-state index in [0.29, 0.717) is 38.5 Å². The highest BCUT2D eigenvalue weighted by Gasteiger charge is 2.59. The van der Waals surface area contributed by atoms with Gasteiger partial charge in [0.25, 0.3) is 0 Å². The number of unbranched alkanes of at least 4 members (excludes halogenated alkanes) is 31. The summed E-state index contributed by atoms with van der Waals surface area (Å²) >= 11 is 0. The van der Waals surface area contributed by atoms with Gasteiger partial charge in [-0.05, 0) is 32.1 Å². The Morgan fingerprint density at radius 3 is 1.17 bits per heavy atom. The van der Waals surface area contributed by atoms with Crippen LogP contribution in [0.25, 0.3) is 0 Å². The summed E-state index contributed by atoms with van der Waals surface area (Å²) in [4.78, 5) is 50.5. The third-order valence-corrected chi connectivity index (χ3v) is 14.3. The summed E-state index contributed by atoms with van der Waals surface area (Å²) in [5.41, 5.74) is 0. The van der Waals surface area contributed by atoms with Gasteiger partial charge in [0.15, 0.2) is 12.2 Å². The number of rotatable bonds is 49. The summed E-state index contributed by atoms with van der Waals surface area (Å²) in [7, 11) is 0. The average Bonchev–Trinajstić information content (AvgIpc) is 3.35. The molecule has 1 aliphatic heterocycles. The largest absolute Gasteiger partial charge is 0.479 e. The van der Waals surface area contributed by atoms with Crippen molar-refractivity contribution >= 4 is 23.9 Å². The maximum absolute atomic E-state index is 12.9. The smallest absolute Gasteiger partial charge is 0.335 e. The molecule has 6 N–H and O–H groups in total. The third kappa shape index (κ3) is 32.5. The Labute approximate surface area is 430 Å². The van der Waals surface area contributed by atoms with Gasteiger partial charge in [0.1, 0.15) is 31.5 Å². The number of hydrogen-bond donors (Lipinski definition) is 6. The molecule has 8 atom stereocenters. The average molecular weight is 1020 g/mol. The molecule has 1 saturated heterocycles. The van der Waals surface area contributed by atoms with Gasteiger partial charge in [0.2, 0.25) is 5.79 Å². The van der Waals surface area contributed by atoms with Crippen LogP contribution in [0.15, 0.2) is 0 Å². The first-order chi connectivity index (χ1) is 34.3. The lowest BCUT2D eigenvalue weighted by molar-refractivity contribution is -0.368. The fourth-order valence-electron chi connectivity index (χ4n) is 9.73. The highest BCUT2D eigenvalue weighted by Crippen LogP contribution is 2.39. The molecule has 71 heavy (non-hydrogen) atoms. The summed E-state index contributed by atoms with van der Waals surface area (Å²) in [5.74, 6) is -6.89. The molecule has 0 aromatic rings. The van der Waals surface area contributed by atoms with Crippen LogP contribution in [0, 0.1) is 5.92 Å². The Morgan fingerprint density at radius 2 is 0.789 bits per heavy atom. The molecular formula is C57H106O14. The molecular weight excluding hydrogens is 909 g/mol. The van der Waals surface area contributed by atoms with Crippen LogP contribution in [-0.4, -0.2) is 110 Å². The number of carbonyl (C=O) groups is 4. The molecule has 0 aliphatic carbocycles. The molecule has 1 heterocycles. The topological polar surface area (TPSA) is 227 Å². The number of aliphatic hydroxyl groups is 5. The lowest BCUT2D eigenvalue weighted by Gasteiger charge is -2.49. The van der Waals surface area contributed by atoms with E-state index in [1.54, 1.807) is 0 Å². The van der Waals surface area contributed by atoms with Crippen LogP contribution in [0.4, 0.5) is 0 Å². The van der Waals surface area contributed by atoms with E-state index < -0.39 is 66.2 Å². The van der Waals surface area contributed by atoms with Crippen molar-refractivity contribution in [2.45, 2.75) is 320 Å². The van der Waals surface area contributed by atoms with Gasteiger partial charge in [-0.1, -0.05) is 226 Å². The molecule has 1 fully saturated rings. The SMILES string of the molecule is CCCCCCCCCCCCCCCC(=O)OCC(COC(=O)CCCCCC(C(O)CCCCCCCC)C1(O)O[C@H](C(=O)O)[C@@H](O)[C@H](O)[C@H]1O)OC(=O)CCCCCCCCCCCCCCC. The molecule has 0 aromatic carbocycles. The second-order valence-electron chi connectivity index (χ2n) is 20.8. The molecule has 0 spiro atoms. The van der Waals surface area contributed by atoms with Gasteiger partial charge in [0, 0.05) is 25.2 Å². The number of aliphatic hydroxyl groups excluding tert-OH is 4. The fourth-order valence-corrected chi connectivity index (χ4v) is 9.73. The van der Waals surface area contributed by atoms with Crippen molar-refractivity contribution in [2.24, 2.45) is 5.92 Å². The van der Waals surface area contributed by atoms with E-state index in [-0.39, 0.29) is 51.3 Å². The standard InChI is InChI=1S/C57H106O14/c1-4-7-10-13-16-18-20-22-24-26-28-31-36-41-49(59)68-44-46(70-51(61)43-37-32-29-27-25-23-21-19-17-14-11-8-5-2)45-69-50(60)42-38-33-34-39-47(48(58)40-35-30-15-12-9-6-3)57(67)55(64)53(63)52(62)54(71-57)56(65)66/h46-48,52-55,58,62-64,67H,4-45H2,1-3H3,(H,65,66)/t46?,47?,48?,52-,53-,54-,55+,57?/m0/s1. The van der Waals surface area contributed by atoms with Gasteiger partial charge < -0.3 is 49.6 Å². The van der Waals surface area contributed by atoms with E-state index in [2.05, 4.69) is 20.8 Å². The second kappa shape index (κ2) is 44.0. The number of carboxylic acids is 1. The lowest BCUT2D eigenvalue weighted by atomic mass is 9.78.